The first-order valence-corrected chi connectivity index (χ1v) is 7.53. The molecular formula is C16H23N2O+. The third-order valence-electron chi connectivity index (χ3n) is 4.47. The van der Waals surface area contributed by atoms with Gasteiger partial charge in [0.25, 0.3) is 5.91 Å². The third kappa shape index (κ3) is 2.98. The van der Waals surface area contributed by atoms with Crippen molar-refractivity contribution in [3.05, 3.63) is 35.4 Å². The van der Waals surface area contributed by atoms with Gasteiger partial charge in [-0.1, -0.05) is 43.5 Å². The monoisotopic (exact) mass is 259 g/mol. The molecule has 3 nitrogen and oxygen atoms in total. The average molecular weight is 259 g/mol. The Bertz CT molecular complexity index is 452. The highest BCUT2D eigenvalue weighted by Gasteiger charge is 2.29. The fraction of sp³-hybridized carbons (Fsp3) is 0.562. The molecule has 102 valence electrons. The molecule has 1 fully saturated rings. The van der Waals surface area contributed by atoms with Gasteiger partial charge in [0.15, 0.2) is 6.04 Å². The summed E-state index contributed by atoms with van der Waals surface area (Å²) in [6.45, 7) is 0.929. The second-order valence-electron chi connectivity index (χ2n) is 5.86. The molecule has 0 aromatic heterocycles. The van der Waals surface area contributed by atoms with E-state index in [-0.39, 0.29) is 11.9 Å². The summed E-state index contributed by atoms with van der Waals surface area (Å²) in [5.74, 6) is 0.237. The minimum absolute atomic E-state index is 0.0665. The van der Waals surface area contributed by atoms with Crippen LogP contribution in [0.15, 0.2) is 24.3 Å². The number of quaternary nitrogens is 1. The van der Waals surface area contributed by atoms with Crippen molar-refractivity contribution in [1.29, 1.82) is 0 Å². The number of hydrogen-bond acceptors (Lipinski definition) is 1. The normalized spacial score (nSPS) is 23.7. The number of hydrogen-bond donors (Lipinski definition) is 2. The van der Waals surface area contributed by atoms with Crippen LogP contribution in [0.2, 0.25) is 0 Å². The van der Waals surface area contributed by atoms with Crippen LogP contribution in [0.5, 0.6) is 0 Å². The molecule has 1 aromatic carbocycles. The summed E-state index contributed by atoms with van der Waals surface area (Å²) in [4.78, 5) is 12.3. The number of nitrogens with two attached hydrogens (primary N) is 1. The predicted molar refractivity (Wildman–Crippen MR) is 74.6 cm³/mol. The zero-order valence-electron chi connectivity index (χ0n) is 11.4. The molecule has 0 radical (unpaired) electrons. The van der Waals surface area contributed by atoms with Crippen LogP contribution in [0.25, 0.3) is 0 Å². The summed E-state index contributed by atoms with van der Waals surface area (Å²) in [7, 11) is 0. The fourth-order valence-corrected chi connectivity index (χ4v) is 3.30. The molecular weight excluding hydrogens is 236 g/mol. The highest BCUT2D eigenvalue weighted by atomic mass is 16.2. The molecule has 2 aliphatic rings. The number of fused-ring (bicyclic) bond motifs is 1. The van der Waals surface area contributed by atoms with Crippen molar-refractivity contribution < 1.29 is 10.1 Å². The van der Waals surface area contributed by atoms with E-state index >= 15 is 0 Å². The first kappa shape index (κ1) is 12.7. The molecule has 0 saturated heterocycles. The maximum atomic E-state index is 12.3. The van der Waals surface area contributed by atoms with Crippen LogP contribution >= 0.6 is 0 Å². The second-order valence-corrected chi connectivity index (χ2v) is 5.86. The van der Waals surface area contributed by atoms with Gasteiger partial charge in [0.1, 0.15) is 6.54 Å². The summed E-state index contributed by atoms with van der Waals surface area (Å²) in [5, 5.41) is 5.43. The van der Waals surface area contributed by atoms with Gasteiger partial charge in [0.05, 0.1) is 0 Å². The van der Waals surface area contributed by atoms with Crippen molar-refractivity contribution >= 4 is 5.91 Å². The van der Waals surface area contributed by atoms with Gasteiger partial charge in [-0.25, -0.2) is 0 Å². The molecule has 3 N–H and O–H groups in total. The number of amides is 1. The first-order valence-electron chi connectivity index (χ1n) is 7.53. The molecule has 3 rings (SSSR count). The molecule has 1 aliphatic heterocycles. The second kappa shape index (κ2) is 5.74. The maximum absolute atomic E-state index is 12.3. The van der Waals surface area contributed by atoms with Crippen LogP contribution in [0.4, 0.5) is 0 Å². The Morgan fingerprint density at radius 3 is 2.63 bits per heavy atom. The van der Waals surface area contributed by atoms with E-state index in [9.17, 15) is 4.79 Å². The van der Waals surface area contributed by atoms with E-state index in [1.807, 2.05) is 0 Å². The third-order valence-corrected chi connectivity index (χ3v) is 4.47. The molecule has 1 saturated carbocycles. The van der Waals surface area contributed by atoms with Crippen molar-refractivity contribution in [2.24, 2.45) is 0 Å². The highest BCUT2D eigenvalue weighted by Crippen LogP contribution is 2.18. The number of rotatable bonds is 2. The fourth-order valence-electron chi connectivity index (χ4n) is 3.30. The Morgan fingerprint density at radius 2 is 1.84 bits per heavy atom. The van der Waals surface area contributed by atoms with Gasteiger partial charge in [0, 0.05) is 18.0 Å². The van der Waals surface area contributed by atoms with Crippen LogP contribution < -0.4 is 10.6 Å². The molecule has 0 spiro atoms. The summed E-state index contributed by atoms with van der Waals surface area (Å²) in [6.07, 6.45) is 7.05. The molecule has 1 amide bonds. The highest BCUT2D eigenvalue weighted by molar-refractivity contribution is 5.81. The molecule has 0 unspecified atom stereocenters. The minimum Gasteiger partial charge on any atom is -0.348 e. The number of benzene rings is 1. The molecule has 1 atom stereocenters. The molecule has 1 aliphatic carbocycles. The smallest absolute Gasteiger partial charge is 0.278 e. The Morgan fingerprint density at radius 1 is 1.11 bits per heavy atom. The van der Waals surface area contributed by atoms with Crippen LogP contribution in [-0.2, 0) is 17.8 Å². The van der Waals surface area contributed by atoms with Crippen molar-refractivity contribution in [1.82, 2.24) is 5.32 Å². The number of carbonyl (C=O) groups excluding carboxylic acids is 1. The van der Waals surface area contributed by atoms with E-state index in [2.05, 4.69) is 34.9 Å². The Labute approximate surface area is 114 Å². The average Bonchev–Trinajstić information content (AvgIpc) is 2.48. The van der Waals surface area contributed by atoms with E-state index in [1.54, 1.807) is 0 Å². The standard InChI is InChI=1S/C16H22N2O/c19-16(18-14-8-2-1-3-9-14)15-10-12-6-4-5-7-13(12)11-17-15/h4-7,14-15,17H,1-3,8-11H2,(H,18,19)/p+1/t15-/m0/s1. The molecule has 0 bridgehead atoms. The summed E-state index contributed by atoms with van der Waals surface area (Å²) >= 11 is 0. The van der Waals surface area contributed by atoms with Crippen molar-refractivity contribution in [3.8, 4) is 0 Å². The minimum atomic E-state index is 0.0665. The Balaban J connectivity index is 1.59. The van der Waals surface area contributed by atoms with E-state index < -0.39 is 0 Å². The van der Waals surface area contributed by atoms with Gasteiger partial charge in [-0.15, -0.1) is 0 Å². The first-order chi connectivity index (χ1) is 9.33. The van der Waals surface area contributed by atoms with Gasteiger partial charge in [-0.2, -0.15) is 0 Å². The zero-order chi connectivity index (χ0) is 13.1. The number of nitrogens with one attached hydrogen (secondary N) is 1. The lowest BCUT2D eigenvalue weighted by Crippen LogP contribution is -2.93. The molecule has 1 aromatic rings. The van der Waals surface area contributed by atoms with Gasteiger partial charge in [-0.3, -0.25) is 4.79 Å². The largest absolute Gasteiger partial charge is 0.348 e. The predicted octanol–water partition coefficient (Wildman–Crippen LogP) is 1.12. The molecule has 1 heterocycles. The number of carbonyl (C=O) groups is 1. The van der Waals surface area contributed by atoms with Crippen molar-refractivity contribution in [2.75, 3.05) is 0 Å². The van der Waals surface area contributed by atoms with Crippen LogP contribution in [0, 0.1) is 0 Å². The lowest BCUT2D eigenvalue weighted by Gasteiger charge is -2.27. The maximum Gasteiger partial charge on any atom is 0.278 e. The van der Waals surface area contributed by atoms with Gasteiger partial charge in [0.2, 0.25) is 0 Å². The Kier molecular flexibility index (Phi) is 3.83. The van der Waals surface area contributed by atoms with Gasteiger partial charge in [-0.05, 0) is 18.4 Å². The summed E-state index contributed by atoms with van der Waals surface area (Å²) in [5.41, 5.74) is 2.72. The van der Waals surface area contributed by atoms with Crippen LogP contribution in [0.3, 0.4) is 0 Å². The van der Waals surface area contributed by atoms with Crippen molar-refractivity contribution in [3.63, 3.8) is 0 Å². The summed E-state index contributed by atoms with van der Waals surface area (Å²) in [6, 6.07) is 8.96. The lowest BCUT2D eigenvalue weighted by atomic mass is 9.93. The van der Waals surface area contributed by atoms with E-state index in [0.717, 1.165) is 25.8 Å². The zero-order valence-corrected chi connectivity index (χ0v) is 11.4. The SMILES string of the molecule is O=C(NC1CCCCC1)[C@@H]1Cc2ccccc2C[NH2+]1. The Hall–Kier alpha value is -1.35. The summed E-state index contributed by atoms with van der Waals surface area (Å²) < 4.78 is 0. The topological polar surface area (TPSA) is 45.7 Å². The lowest BCUT2D eigenvalue weighted by molar-refractivity contribution is -0.695. The van der Waals surface area contributed by atoms with Crippen LogP contribution in [-0.4, -0.2) is 18.0 Å². The quantitative estimate of drug-likeness (QED) is 0.821. The van der Waals surface area contributed by atoms with Gasteiger partial charge < -0.3 is 10.6 Å². The van der Waals surface area contributed by atoms with Gasteiger partial charge >= 0.3 is 0 Å². The molecule has 3 heteroatoms. The van der Waals surface area contributed by atoms with E-state index in [0.29, 0.717) is 6.04 Å². The molecule has 19 heavy (non-hydrogen) atoms. The van der Waals surface area contributed by atoms with Crippen molar-refractivity contribution in [2.45, 2.75) is 57.2 Å². The van der Waals surface area contributed by atoms with E-state index in [1.165, 1.54) is 30.4 Å². The van der Waals surface area contributed by atoms with E-state index in [4.69, 9.17) is 0 Å². The van der Waals surface area contributed by atoms with Crippen LogP contribution in [0.1, 0.15) is 43.2 Å².